The molecular formula is C30H26N2O3. The molecule has 0 unspecified atom stereocenters. The summed E-state index contributed by atoms with van der Waals surface area (Å²) in [5.74, 6) is 0.734. The van der Waals surface area contributed by atoms with E-state index in [1.165, 1.54) is 0 Å². The minimum Gasteiger partial charge on any atom is -0.490 e. The molecule has 1 amide bonds. The number of carbonyl (C=O) groups is 1. The second kappa shape index (κ2) is 11.5. The molecule has 0 aliphatic heterocycles. The first-order chi connectivity index (χ1) is 17.2. The smallest absolute Gasteiger partial charge is 0.262 e. The zero-order chi connectivity index (χ0) is 24.5. The number of hydrogen-bond acceptors (Lipinski definition) is 4. The Hall–Kier alpha value is -4.56. The molecule has 5 nitrogen and oxygen atoms in total. The fourth-order valence-corrected chi connectivity index (χ4v) is 3.76. The molecule has 4 rings (SSSR count). The summed E-state index contributed by atoms with van der Waals surface area (Å²) in [5, 5.41) is 14.6. The first-order valence-corrected chi connectivity index (χ1v) is 11.5. The predicted molar refractivity (Wildman–Crippen MR) is 138 cm³/mol. The van der Waals surface area contributed by atoms with Crippen LogP contribution in [0.3, 0.4) is 0 Å². The SMILES string of the molecule is CCOc1cc(C=C(C#N)C(=O)NCc2ccccc2)ccc1OCc1cccc2ccccc12. The number of rotatable bonds is 9. The van der Waals surface area contributed by atoms with Gasteiger partial charge < -0.3 is 14.8 Å². The number of amides is 1. The molecule has 0 spiro atoms. The fourth-order valence-electron chi connectivity index (χ4n) is 3.76. The predicted octanol–water partition coefficient (Wildman–Crippen LogP) is 6.04. The monoisotopic (exact) mass is 462 g/mol. The maximum atomic E-state index is 12.5. The number of nitrogens with zero attached hydrogens (tertiary/aromatic N) is 1. The van der Waals surface area contributed by atoms with Gasteiger partial charge in [0.1, 0.15) is 18.2 Å². The molecule has 0 heterocycles. The number of ether oxygens (including phenoxy) is 2. The Kier molecular flexibility index (Phi) is 7.77. The molecule has 0 aliphatic carbocycles. The molecule has 1 N–H and O–H groups in total. The first kappa shape index (κ1) is 23.6. The first-order valence-electron chi connectivity index (χ1n) is 11.5. The van der Waals surface area contributed by atoms with Gasteiger partial charge in [-0.1, -0.05) is 78.9 Å². The number of nitriles is 1. The van der Waals surface area contributed by atoms with E-state index in [1.807, 2.05) is 73.7 Å². The zero-order valence-corrected chi connectivity index (χ0v) is 19.5. The van der Waals surface area contributed by atoms with E-state index >= 15 is 0 Å². The van der Waals surface area contributed by atoms with Crippen LogP contribution in [0.2, 0.25) is 0 Å². The van der Waals surface area contributed by atoms with Crippen LogP contribution in [0, 0.1) is 11.3 Å². The molecule has 0 saturated heterocycles. The Labute approximate surface area is 205 Å². The van der Waals surface area contributed by atoms with Crippen LogP contribution < -0.4 is 14.8 Å². The normalized spacial score (nSPS) is 11.0. The van der Waals surface area contributed by atoms with Crippen LogP contribution in [-0.2, 0) is 17.9 Å². The Balaban J connectivity index is 1.50. The summed E-state index contributed by atoms with van der Waals surface area (Å²) in [7, 11) is 0. The topological polar surface area (TPSA) is 71.3 Å². The molecule has 4 aromatic carbocycles. The molecule has 0 fully saturated rings. The third-order valence-corrected chi connectivity index (χ3v) is 5.50. The maximum absolute atomic E-state index is 12.5. The van der Waals surface area contributed by atoms with Crippen molar-refractivity contribution in [1.29, 1.82) is 5.26 Å². The van der Waals surface area contributed by atoms with Crippen molar-refractivity contribution in [3.63, 3.8) is 0 Å². The highest BCUT2D eigenvalue weighted by atomic mass is 16.5. The van der Waals surface area contributed by atoms with Gasteiger partial charge in [-0.05, 0) is 52.6 Å². The molecule has 0 atom stereocenters. The van der Waals surface area contributed by atoms with Crippen molar-refractivity contribution < 1.29 is 14.3 Å². The van der Waals surface area contributed by atoms with Gasteiger partial charge in [-0.2, -0.15) is 5.26 Å². The number of fused-ring (bicyclic) bond motifs is 1. The van der Waals surface area contributed by atoms with E-state index in [1.54, 1.807) is 18.2 Å². The Morgan fingerprint density at radius 3 is 2.49 bits per heavy atom. The van der Waals surface area contributed by atoms with Crippen molar-refractivity contribution in [1.82, 2.24) is 5.32 Å². The lowest BCUT2D eigenvalue weighted by molar-refractivity contribution is -0.117. The highest BCUT2D eigenvalue weighted by Gasteiger charge is 2.12. The van der Waals surface area contributed by atoms with E-state index in [4.69, 9.17) is 9.47 Å². The summed E-state index contributed by atoms with van der Waals surface area (Å²) >= 11 is 0. The number of nitrogens with one attached hydrogen (secondary N) is 1. The summed E-state index contributed by atoms with van der Waals surface area (Å²) in [6.45, 7) is 3.10. The molecular weight excluding hydrogens is 436 g/mol. The Bertz CT molecular complexity index is 1380. The lowest BCUT2D eigenvalue weighted by Gasteiger charge is -2.14. The van der Waals surface area contributed by atoms with Crippen molar-refractivity contribution >= 4 is 22.8 Å². The lowest BCUT2D eigenvalue weighted by Crippen LogP contribution is -2.23. The van der Waals surface area contributed by atoms with Crippen molar-refractivity contribution in [2.24, 2.45) is 0 Å². The Morgan fingerprint density at radius 2 is 1.69 bits per heavy atom. The van der Waals surface area contributed by atoms with Crippen LogP contribution in [0.15, 0.2) is 96.6 Å². The summed E-state index contributed by atoms with van der Waals surface area (Å²) in [6.07, 6.45) is 1.55. The van der Waals surface area contributed by atoms with E-state index in [-0.39, 0.29) is 5.57 Å². The van der Waals surface area contributed by atoms with Crippen LogP contribution in [-0.4, -0.2) is 12.5 Å². The van der Waals surface area contributed by atoms with Crippen LogP contribution in [0.4, 0.5) is 0 Å². The number of carbonyl (C=O) groups excluding carboxylic acids is 1. The van der Waals surface area contributed by atoms with E-state index in [2.05, 4.69) is 23.5 Å². The molecule has 0 saturated carbocycles. The fraction of sp³-hybridized carbons (Fsp3) is 0.133. The van der Waals surface area contributed by atoms with Crippen molar-refractivity contribution in [3.05, 3.63) is 113 Å². The van der Waals surface area contributed by atoms with Gasteiger partial charge in [0.25, 0.3) is 5.91 Å². The standard InChI is InChI=1S/C30H26N2O3/c1-2-34-29-18-23(17-26(19-31)30(33)32-20-22-9-4-3-5-10-22)15-16-28(29)35-21-25-13-8-12-24-11-6-7-14-27(24)25/h3-18H,2,20-21H2,1H3,(H,32,33). The summed E-state index contributed by atoms with van der Waals surface area (Å²) in [6, 6.07) is 31.3. The van der Waals surface area contributed by atoms with Gasteiger partial charge in [-0.25, -0.2) is 0 Å². The minimum atomic E-state index is -0.425. The third-order valence-electron chi connectivity index (χ3n) is 5.50. The van der Waals surface area contributed by atoms with Gasteiger partial charge in [-0.3, -0.25) is 4.79 Å². The maximum Gasteiger partial charge on any atom is 0.262 e. The van der Waals surface area contributed by atoms with Crippen LogP contribution >= 0.6 is 0 Å². The molecule has 0 aliphatic rings. The van der Waals surface area contributed by atoms with Gasteiger partial charge in [0, 0.05) is 6.54 Å². The molecule has 0 aromatic heterocycles. The largest absolute Gasteiger partial charge is 0.490 e. The quantitative estimate of drug-likeness (QED) is 0.243. The van der Waals surface area contributed by atoms with Gasteiger partial charge in [0.15, 0.2) is 11.5 Å². The molecule has 174 valence electrons. The van der Waals surface area contributed by atoms with Gasteiger partial charge in [0.05, 0.1) is 6.61 Å². The van der Waals surface area contributed by atoms with E-state index in [9.17, 15) is 10.1 Å². The highest BCUT2D eigenvalue weighted by Crippen LogP contribution is 2.31. The average Bonchev–Trinajstić information content (AvgIpc) is 2.90. The van der Waals surface area contributed by atoms with Crippen LogP contribution in [0.25, 0.3) is 16.8 Å². The lowest BCUT2D eigenvalue weighted by atomic mass is 10.1. The molecule has 0 radical (unpaired) electrons. The van der Waals surface area contributed by atoms with E-state index < -0.39 is 5.91 Å². The summed E-state index contributed by atoms with van der Waals surface area (Å²) in [5.41, 5.74) is 2.74. The van der Waals surface area contributed by atoms with Crippen molar-refractivity contribution in [2.45, 2.75) is 20.1 Å². The number of hydrogen-bond donors (Lipinski definition) is 1. The second-order valence-electron chi connectivity index (χ2n) is 7.90. The van der Waals surface area contributed by atoms with Gasteiger partial charge in [0.2, 0.25) is 0 Å². The average molecular weight is 463 g/mol. The zero-order valence-electron chi connectivity index (χ0n) is 19.5. The second-order valence-corrected chi connectivity index (χ2v) is 7.90. The van der Waals surface area contributed by atoms with Gasteiger partial charge in [-0.15, -0.1) is 0 Å². The molecule has 0 bridgehead atoms. The number of benzene rings is 4. The van der Waals surface area contributed by atoms with Crippen molar-refractivity contribution in [3.8, 4) is 17.6 Å². The Morgan fingerprint density at radius 1 is 0.914 bits per heavy atom. The van der Waals surface area contributed by atoms with Crippen molar-refractivity contribution in [2.75, 3.05) is 6.61 Å². The summed E-state index contributed by atoms with van der Waals surface area (Å²) < 4.78 is 11.9. The van der Waals surface area contributed by atoms with Gasteiger partial charge >= 0.3 is 0 Å². The third kappa shape index (κ3) is 6.07. The molecule has 35 heavy (non-hydrogen) atoms. The molecule has 5 heteroatoms. The van der Waals surface area contributed by atoms with E-state index in [0.717, 1.165) is 21.9 Å². The summed E-state index contributed by atoms with van der Waals surface area (Å²) in [4.78, 5) is 12.5. The van der Waals surface area contributed by atoms with Crippen LogP contribution in [0.1, 0.15) is 23.6 Å². The molecule has 4 aromatic rings. The van der Waals surface area contributed by atoms with E-state index in [0.29, 0.717) is 36.8 Å². The minimum absolute atomic E-state index is 0.0211. The van der Waals surface area contributed by atoms with Crippen LogP contribution in [0.5, 0.6) is 11.5 Å². The highest BCUT2D eigenvalue weighted by molar-refractivity contribution is 6.01.